The van der Waals surface area contributed by atoms with E-state index >= 15 is 0 Å². The zero-order chi connectivity index (χ0) is 22.1. The van der Waals surface area contributed by atoms with Crippen molar-refractivity contribution < 1.29 is 14.3 Å². The first-order chi connectivity index (χ1) is 14.7. The summed E-state index contributed by atoms with van der Waals surface area (Å²) < 4.78 is 5.57. The van der Waals surface area contributed by atoms with Gasteiger partial charge in [0.15, 0.2) is 0 Å². The lowest BCUT2D eigenvalue weighted by Crippen LogP contribution is -2.56. The summed E-state index contributed by atoms with van der Waals surface area (Å²) in [7, 11) is 0. The topological polar surface area (TPSA) is 49.9 Å². The lowest BCUT2D eigenvalue weighted by molar-refractivity contribution is -0.124. The zero-order valence-corrected chi connectivity index (χ0v) is 19.5. The number of thioether (sulfide) groups is 1. The molecule has 0 radical (unpaired) electrons. The standard InChI is InChI=1S/C25H28N2O3S/c1-6-30-18-9-7-17(8-10-18)26-21(28)14-31-25(26)20-12-15(2)11-19-16(3)13-24(4,5)27(22(19)20)23(25)29/h7-12,16H,6,13-14H2,1-5H3. The Kier molecular flexibility index (Phi) is 4.46. The van der Waals surface area contributed by atoms with Crippen LogP contribution in [0, 0.1) is 6.92 Å². The predicted molar refractivity (Wildman–Crippen MR) is 125 cm³/mol. The van der Waals surface area contributed by atoms with Crippen LogP contribution in [0.2, 0.25) is 0 Å². The molecule has 162 valence electrons. The molecular formula is C25H28N2O3S. The van der Waals surface area contributed by atoms with E-state index in [1.807, 2.05) is 36.1 Å². The van der Waals surface area contributed by atoms with E-state index in [0.29, 0.717) is 12.5 Å². The van der Waals surface area contributed by atoms with Crippen molar-refractivity contribution in [3.8, 4) is 5.75 Å². The SMILES string of the molecule is CCOc1ccc(N2C(=O)CSC23C(=O)N2c4c(cc(C)cc43)C(C)CC2(C)C)cc1. The number of anilines is 2. The number of carbonyl (C=O) groups is 2. The van der Waals surface area contributed by atoms with Crippen LogP contribution in [0.5, 0.6) is 5.75 Å². The summed E-state index contributed by atoms with van der Waals surface area (Å²) in [6.07, 6.45) is 0.895. The van der Waals surface area contributed by atoms with Crippen molar-refractivity contribution in [1.29, 1.82) is 0 Å². The molecule has 6 heteroatoms. The highest BCUT2D eigenvalue weighted by atomic mass is 32.2. The quantitative estimate of drug-likeness (QED) is 0.682. The summed E-state index contributed by atoms with van der Waals surface area (Å²) >= 11 is 1.45. The highest BCUT2D eigenvalue weighted by Gasteiger charge is 2.64. The number of hydrogen-bond acceptors (Lipinski definition) is 4. The average molecular weight is 437 g/mol. The van der Waals surface area contributed by atoms with Crippen LogP contribution >= 0.6 is 11.8 Å². The molecule has 5 nitrogen and oxygen atoms in total. The minimum Gasteiger partial charge on any atom is -0.494 e. The molecule has 3 aliphatic rings. The minimum atomic E-state index is -1.05. The fourth-order valence-electron chi connectivity index (χ4n) is 5.60. The molecule has 0 N–H and O–H groups in total. The second kappa shape index (κ2) is 6.76. The van der Waals surface area contributed by atoms with Crippen molar-refractivity contribution in [1.82, 2.24) is 0 Å². The van der Waals surface area contributed by atoms with Crippen molar-refractivity contribution in [3.63, 3.8) is 0 Å². The first-order valence-electron chi connectivity index (χ1n) is 10.9. The van der Waals surface area contributed by atoms with Gasteiger partial charge in [-0.3, -0.25) is 14.5 Å². The Morgan fingerprint density at radius 1 is 1.13 bits per heavy atom. The van der Waals surface area contributed by atoms with E-state index in [1.165, 1.54) is 17.3 Å². The fraction of sp³-hybridized carbons (Fsp3) is 0.440. The van der Waals surface area contributed by atoms with Crippen LogP contribution < -0.4 is 14.5 Å². The zero-order valence-electron chi connectivity index (χ0n) is 18.7. The van der Waals surface area contributed by atoms with Gasteiger partial charge < -0.3 is 9.64 Å². The molecule has 0 aliphatic carbocycles. The van der Waals surface area contributed by atoms with Crippen LogP contribution in [0.1, 0.15) is 56.7 Å². The Hall–Kier alpha value is -2.47. The van der Waals surface area contributed by atoms with Gasteiger partial charge in [-0.15, -0.1) is 11.8 Å². The number of amides is 2. The van der Waals surface area contributed by atoms with E-state index in [0.717, 1.165) is 34.7 Å². The molecule has 5 rings (SSSR count). The Labute approximate surface area is 187 Å². The van der Waals surface area contributed by atoms with E-state index in [9.17, 15) is 9.59 Å². The molecule has 2 atom stereocenters. The second-order valence-electron chi connectivity index (χ2n) is 9.40. The monoisotopic (exact) mass is 436 g/mol. The maximum Gasteiger partial charge on any atom is 0.269 e. The van der Waals surface area contributed by atoms with Gasteiger partial charge in [0.05, 0.1) is 18.0 Å². The predicted octanol–water partition coefficient (Wildman–Crippen LogP) is 4.96. The molecule has 0 aromatic heterocycles. The second-order valence-corrected chi connectivity index (χ2v) is 10.6. The fourth-order valence-corrected chi connectivity index (χ4v) is 6.92. The first kappa shape index (κ1) is 20.4. The number of ether oxygens (including phenoxy) is 1. The van der Waals surface area contributed by atoms with Gasteiger partial charge in [-0.2, -0.15) is 0 Å². The Bertz CT molecular complexity index is 1090. The van der Waals surface area contributed by atoms with Crippen molar-refractivity contribution >= 4 is 35.0 Å². The molecule has 0 bridgehead atoms. The molecule has 2 aromatic rings. The van der Waals surface area contributed by atoms with Gasteiger partial charge in [0.1, 0.15) is 5.75 Å². The summed E-state index contributed by atoms with van der Waals surface area (Å²) in [5.74, 6) is 1.35. The van der Waals surface area contributed by atoms with Crippen molar-refractivity contribution in [3.05, 3.63) is 53.1 Å². The Morgan fingerprint density at radius 2 is 1.84 bits per heavy atom. The third kappa shape index (κ3) is 2.70. The van der Waals surface area contributed by atoms with E-state index in [1.54, 1.807) is 4.90 Å². The normalized spacial score (nSPS) is 26.0. The molecule has 1 spiro atoms. The van der Waals surface area contributed by atoms with Gasteiger partial charge in [-0.1, -0.05) is 24.6 Å². The third-order valence-corrected chi connectivity index (χ3v) is 8.07. The van der Waals surface area contributed by atoms with E-state index in [4.69, 9.17) is 4.74 Å². The molecule has 31 heavy (non-hydrogen) atoms. The molecule has 1 fully saturated rings. The van der Waals surface area contributed by atoms with Crippen molar-refractivity contribution in [2.75, 3.05) is 22.2 Å². The van der Waals surface area contributed by atoms with Crippen LogP contribution in [0.4, 0.5) is 11.4 Å². The van der Waals surface area contributed by atoms with E-state index in [-0.39, 0.29) is 23.1 Å². The van der Waals surface area contributed by atoms with Gasteiger partial charge in [0.2, 0.25) is 10.8 Å². The summed E-state index contributed by atoms with van der Waals surface area (Å²) in [5, 5.41) is 0. The summed E-state index contributed by atoms with van der Waals surface area (Å²) in [6.45, 7) is 11.1. The minimum absolute atomic E-state index is 0.00372. The Balaban J connectivity index is 1.73. The molecule has 2 amide bonds. The van der Waals surface area contributed by atoms with Crippen LogP contribution in [0.15, 0.2) is 36.4 Å². The van der Waals surface area contributed by atoms with Crippen LogP contribution in [0.3, 0.4) is 0 Å². The number of carbonyl (C=O) groups excluding carboxylic acids is 2. The van der Waals surface area contributed by atoms with Gasteiger partial charge in [-0.25, -0.2) is 0 Å². The smallest absolute Gasteiger partial charge is 0.269 e. The van der Waals surface area contributed by atoms with Gasteiger partial charge in [0, 0.05) is 16.8 Å². The third-order valence-electron chi connectivity index (χ3n) is 6.68. The number of hydrogen-bond donors (Lipinski definition) is 0. The Morgan fingerprint density at radius 3 is 2.52 bits per heavy atom. The molecule has 1 saturated heterocycles. The van der Waals surface area contributed by atoms with Gasteiger partial charge >= 0.3 is 0 Å². The lowest BCUT2D eigenvalue weighted by Gasteiger charge is -2.44. The van der Waals surface area contributed by atoms with Gasteiger partial charge in [0.25, 0.3) is 5.91 Å². The van der Waals surface area contributed by atoms with E-state index < -0.39 is 4.87 Å². The number of aryl methyl sites for hydroxylation is 1. The largest absolute Gasteiger partial charge is 0.494 e. The molecule has 2 unspecified atom stereocenters. The van der Waals surface area contributed by atoms with Crippen molar-refractivity contribution in [2.45, 2.75) is 57.4 Å². The average Bonchev–Trinajstić information content (AvgIpc) is 3.18. The molecule has 2 aromatic carbocycles. The molecule has 3 aliphatic heterocycles. The molecule has 0 saturated carbocycles. The van der Waals surface area contributed by atoms with Crippen LogP contribution in [-0.2, 0) is 14.5 Å². The first-order valence-corrected chi connectivity index (χ1v) is 11.9. The summed E-state index contributed by atoms with van der Waals surface area (Å²) in [5.41, 5.74) is 4.72. The van der Waals surface area contributed by atoms with E-state index in [2.05, 4.69) is 39.8 Å². The number of benzene rings is 2. The molecule has 3 heterocycles. The number of nitrogens with zero attached hydrogens (tertiary/aromatic N) is 2. The molecular weight excluding hydrogens is 408 g/mol. The maximum atomic E-state index is 14.2. The lowest BCUT2D eigenvalue weighted by atomic mass is 9.80. The van der Waals surface area contributed by atoms with Crippen LogP contribution in [-0.4, -0.2) is 29.7 Å². The highest BCUT2D eigenvalue weighted by Crippen LogP contribution is 2.61. The number of fused-ring (bicyclic) bond motifs is 1. The highest BCUT2D eigenvalue weighted by molar-refractivity contribution is 8.02. The summed E-state index contributed by atoms with van der Waals surface area (Å²) in [6, 6.07) is 11.8. The van der Waals surface area contributed by atoms with Crippen LogP contribution in [0.25, 0.3) is 0 Å². The van der Waals surface area contributed by atoms with Crippen molar-refractivity contribution in [2.24, 2.45) is 0 Å². The summed E-state index contributed by atoms with van der Waals surface area (Å²) in [4.78, 5) is 30.1. The maximum absolute atomic E-state index is 14.2. The number of rotatable bonds is 3. The van der Waals surface area contributed by atoms with Gasteiger partial charge in [-0.05, 0) is 69.9 Å².